The van der Waals surface area contributed by atoms with Crippen LogP contribution in [0.2, 0.25) is 0 Å². The van der Waals surface area contributed by atoms with Crippen LogP contribution in [-0.4, -0.2) is 20.2 Å². The summed E-state index contributed by atoms with van der Waals surface area (Å²) in [4.78, 5) is 8.46. The van der Waals surface area contributed by atoms with Crippen LogP contribution in [0.15, 0.2) is 24.3 Å². The molecule has 0 spiro atoms. The Balaban J connectivity index is 2.19. The molecule has 0 fully saturated rings. The first-order valence-corrected chi connectivity index (χ1v) is 5.18. The number of hydrogen-bond donors (Lipinski definition) is 2. The third-order valence-electron chi connectivity index (χ3n) is 2.00. The molecule has 0 atom stereocenters. The third-order valence-corrected chi connectivity index (χ3v) is 3.04. The Kier molecular flexibility index (Phi) is 1.69. The zero-order valence-corrected chi connectivity index (χ0v) is 8.45. The predicted molar refractivity (Wildman–Crippen MR) is 59.4 cm³/mol. The largest absolute Gasteiger partial charge is 0.366 e. The van der Waals surface area contributed by atoms with E-state index in [1.807, 2.05) is 24.3 Å². The highest BCUT2D eigenvalue weighted by Crippen LogP contribution is 2.27. The molecular formula is C9H7N5S. The van der Waals surface area contributed by atoms with Gasteiger partial charge in [0.15, 0.2) is 10.8 Å². The minimum absolute atomic E-state index is 0.240. The molecule has 0 aliphatic carbocycles. The van der Waals surface area contributed by atoms with Gasteiger partial charge in [-0.05, 0) is 12.1 Å². The number of aromatic nitrogens is 4. The van der Waals surface area contributed by atoms with Crippen molar-refractivity contribution in [1.29, 1.82) is 0 Å². The molecule has 0 amide bonds. The van der Waals surface area contributed by atoms with Gasteiger partial charge < -0.3 is 5.73 Å². The molecule has 6 heteroatoms. The minimum Gasteiger partial charge on any atom is -0.366 e. The Morgan fingerprint density at radius 2 is 2.07 bits per heavy atom. The van der Waals surface area contributed by atoms with Crippen molar-refractivity contribution in [2.24, 2.45) is 0 Å². The molecule has 3 N–H and O–H groups in total. The van der Waals surface area contributed by atoms with Crippen molar-refractivity contribution in [2.75, 3.05) is 5.73 Å². The van der Waals surface area contributed by atoms with Crippen LogP contribution in [0.5, 0.6) is 0 Å². The van der Waals surface area contributed by atoms with Gasteiger partial charge in [0, 0.05) is 0 Å². The van der Waals surface area contributed by atoms with Crippen molar-refractivity contribution in [3.8, 4) is 10.8 Å². The van der Waals surface area contributed by atoms with Crippen molar-refractivity contribution in [1.82, 2.24) is 20.2 Å². The number of nitrogen functional groups attached to an aromatic ring is 1. The van der Waals surface area contributed by atoms with Gasteiger partial charge in [-0.2, -0.15) is 4.98 Å². The van der Waals surface area contributed by atoms with Gasteiger partial charge in [0.05, 0.1) is 10.2 Å². The number of nitrogens with one attached hydrogen (secondary N) is 1. The monoisotopic (exact) mass is 217 g/mol. The average molecular weight is 217 g/mol. The molecule has 15 heavy (non-hydrogen) atoms. The molecule has 74 valence electrons. The maximum absolute atomic E-state index is 5.43. The van der Waals surface area contributed by atoms with Crippen molar-refractivity contribution in [3.63, 3.8) is 0 Å². The number of aromatic amines is 1. The predicted octanol–water partition coefficient (Wildman–Crippen LogP) is 1.66. The molecule has 0 saturated carbocycles. The minimum atomic E-state index is 0.240. The molecule has 0 aliphatic rings. The lowest BCUT2D eigenvalue weighted by molar-refractivity contribution is 1.10. The number of hydrogen-bond acceptors (Lipinski definition) is 5. The van der Waals surface area contributed by atoms with Gasteiger partial charge in [-0.25, -0.2) is 4.98 Å². The molecule has 0 saturated heterocycles. The van der Waals surface area contributed by atoms with Gasteiger partial charge >= 0.3 is 0 Å². The maximum atomic E-state index is 5.43. The maximum Gasteiger partial charge on any atom is 0.239 e. The fourth-order valence-electron chi connectivity index (χ4n) is 1.34. The Labute approximate surface area is 89.0 Å². The van der Waals surface area contributed by atoms with E-state index < -0.39 is 0 Å². The SMILES string of the molecule is Nc1n[nH]c(-c2nc3ccccc3s2)n1. The molecule has 3 rings (SSSR count). The Bertz CT molecular complexity index is 579. The Morgan fingerprint density at radius 3 is 2.80 bits per heavy atom. The molecule has 2 aromatic heterocycles. The first-order valence-electron chi connectivity index (χ1n) is 4.37. The molecule has 3 aromatic rings. The van der Waals surface area contributed by atoms with Gasteiger partial charge in [-0.3, -0.25) is 5.10 Å². The zero-order valence-electron chi connectivity index (χ0n) is 7.64. The van der Waals surface area contributed by atoms with Gasteiger partial charge in [-0.15, -0.1) is 16.4 Å². The molecule has 0 aliphatic heterocycles. The van der Waals surface area contributed by atoms with Crippen LogP contribution in [0.25, 0.3) is 21.0 Å². The lowest BCUT2D eigenvalue weighted by Crippen LogP contribution is -1.85. The fraction of sp³-hybridized carbons (Fsp3) is 0. The lowest BCUT2D eigenvalue weighted by atomic mass is 10.3. The van der Waals surface area contributed by atoms with Crippen molar-refractivity contribution in [3.05, 3.63) is 24.3 Å². The van der Waals surface area contributed by atoms with Crippen LogP contribution in [0, 0.1) is 0 Å². The Morgan fingerprint density at radius 1 is 1.20 bits per heavy atom. The number of thiazole rings is 1. The van der Waals surface area contributed by atoms with Crippen LogP contribution < -0.4 is 5.73 Å². The summed E-state index contributed by atoms with van der Waals surface area (Å²) in [5.74, 6) is 0.859. The zero-order chi connectivity index (χ0) is 10.3. The van der Waals surface area contributed by atoms with E-state index >= 15 is 0 Å². The van der Waals surface area contributed by atoms with Gasteiger partial charge in [0.1, 0.15) is 0 Å². The highest BCUT2D eigenvalue weighted by molar-refractivity contribution is 7.21. The summed E-state index contributed by atoms with van der Waals surface area (Å²) >= 11 is 1.56. The van der Waals surface area contributed by atoms with E-state index in [2.05, 4.69) is 20.2 Å². The summed E-state index contributed by atoms with van der Waals surface area (Å²) in [7, 11) is 0. The number of nitrogens with two attached hydrogens (primary N) is 1. The number of fused-ring (bicyclic) bond motifs is 1. The molecule has 0 radical (unpaired) electrons. The smallest absolute Gasteiger partial charge is 0.239 e. The van der Waals surface area contributed by atoms with E-state index in [0.29, 0.717) is 5.82 Å². The van der Waals surface area contributed by atoms with Gasteiger partial charge in [0.2, 0.25) is 5.95 Å². The highest BCUT2D eigenvalue weighted by atomic mass is 32.1. The van der Waals surface area contributed by atoms with E-state index in [9.17, 15) is 0 Å². The van der Waals surface area contributed by atoms with Crippen LogP contribution in [-0.2, 0) is 0 Å². The number of anilines is 1. The second kappa shape index (κ2) is 3.03. The van der Waals surface area contributed by atoms with Crippen LogP contribution in [0.4, 0.5) is 5.95 Å². The number of nitrogens with zero attached hydrogens (tertiary/aromatic N) is 3. The Hall–Kier alpha value is -1.95. The average Bonchev–Trinajstić information content (AvgIpc) is 2.82. The van der Waals surface area contributed by atoms with Gasteiger partial charge in [0.25, 0.3) is 0 Å². The van der Waals surface area contributed by atoms with E-state index in [4.69, 9.17) is 5.73 Å². The summed E-state index contributed by atoms with van der Waals surface area (Å²) in [6.45, 7) is 0. The quantitative estimate of drug-likeness (QED) is 0.649. The first-order chi connectivity index (χ1) is 7.33. The standard InChI is InChI=1S/C9H7N5S/c10-9-12-7(13-14-9)8-11-5-3-1-2-4-6(5)15-8/h1-4H,(H3,10,12,13,14). The molecular weight excluding hydrogens is 210 g/mol. The number of rotatable bonds is 1. The van der Waals surface area contributed by atoms with E-state index in [1.54, 1.807) is 11.3 Å². The molecule has 5 nitrogen and oxygen atoms in total. The molecule has 1 aromatic carbocycles. The second-order valence-corrected chi connectivity index (χ2v) is 4.06. The summed E-state index contributed by atoms with van der Waals surface area (Å²) in [5, 5.41) is 7.32. The summed E-state index contributed by atoms with van der Waals surface area (Å²) in [5.41, 5.74) is 6.40. The van der Waals surface area contributed by atoms with E-state index in [-0.39, 0.29) is 5.95 Å². The normalized spacial score (nSPS) is 10.9. The van der Waals surface area contributed by atoms with Crippen LogP contribution in [0.1, 0.15) is 0 Å². The van der Waals surface area contributed by atoms with Crippen molar-refractivity contribution >= 4 is 27.5 Å². The summed E-state index contributed by atoms with van der Waals surface area (Å²) < 4.78 is 1.13. The summed E-state index contributed by atoms with van der Waals surface area (Å²) in [6.07, 6.45) is 0. The topological polar surface area (TPSA) is 80.5 Å². The number of para-hydroxylation sites is 1. The number of H-pyrrole nitrogens is 1. The van der Waals surface area contributed by atoms with Gasteiger partial charge in [-0.1, -0.05) is 12.1 Å². The van der Waals surface area contributed by atoms with Crippen LogP contribution in [0.3, 0.4) is 0 Å². The van der Waals surface area contributed by atoms with Crippen molar-refractivity contribution < 1.29 is 0 Å². The molecule has 0 unspecified atom stereocenters. The highest BCUT2D eigenvalue weighted by Gasteiger charge is 2.08. The summed E-state index contributed by atoms with van der Waals surface area (Å²) in [6, 6.07) is 7.94. The molecule has 0 bridgehead atoms. The van der Waals surface area contributed by atoms with E-state index in [0.717, 1.165) is 15.2 Å². The first kappa shape index (κ1) is 8.37. The second-order valence-electron chi connectivity index (χ2n) is 3.03. The number of benzene rings is 1. The fourth-order valence-corrected chi connectivity index (χ4v) is 2.25. The van der Waals surface area contributed by atoms with E-state index in [1.165, 1.54) is 0 Å². The third kappa shape index (κ3) is 1.35. The van der Waals surface area contributed by atoms with Crippen LogP contribution >= 0.6 is 11.3 Å². The lowest BCUT2D eigenvalue weighted by Gasteiger charge is -1.83. The van der Waals surface area contributed by atoms with Crippen molar-refractivity contribution in [2.45, 2.75) is 0 Å². The molecule has 2 heterocycles.